The highest BCUT2D eigenvalue weighted by Crippen LogP contribution is 2.24. The molecule has 0 saturated carbocycles. The van der Waals surface area contributed by atoms with Crippen molar-refractivity contribution in [1.82, 2.24) is 0 Å². The van der Waals surface area contributed by atoms with Crippen molar-refractivity contribution in [1.29, 1.82) is 0 Å². The van der Waals surface area contributed by atoms with E-state index in [9.17, 15) is 13.6 Å². The fourth-order valence-electron chi connectivity index (χ4n) is 1.90. The minimum absolute atomic E-state index is 0.419. The van der Waals surface area contributed by atoms with E-state index in [1.807, 2.05) is 0 Å². The third-order valence-corrected chi connectivity index (χ3v) is 2.77. The summed E-state index contributed by atoms with van der Waals surface area (Å²) in [6.07, 6.45) is 3.80. The first-order chi connectivity index (χ1) is 10.1. The number of carboxylic acids is 1. The molecule has 0 unspecified atom stereocenters. The van der Waals surface area contributed by atoms with E-state index in [1.54, 1.807) is 24.3 Å². The average molecular weight is 286 g/mol. The molecular formula is C17H12F2O2. The predicted molar refractivity (Wildman–Crippen MR) is 76.7 cm³/mol. The summed E-state index contributed by atoms with van der Waals surface area (Å²) in [7, 11) is 0. The molecule has 2 aromatic rings. The number of allylic oxidation sites excluding steroid dienone is 2. The van der Waals surface area contributed by atoms with Gasteiger partial charge in [-0.1, -0.05) is 36.4 Å². The van der Waals surface area contributed by atoms with E-state index in [-0.39, 0.29) is 0 Å². The number of benzene rings is 2. The monoisotopic (exact) mass is 286 g/mol. The molecule has 2 rings (SSSR count). The molecular weight excluding hydrogens is 274 g/mol. The van der Waals surface area contributed by atoms with Crippen LogP contribution in [0.4, 0.5) is 8.78 Å². The zero-order chi connectivity index (χ0) is 15.2. The largest absolute Gasteiger partial charge is 0.478 e. The van der Waals surface area contributed by atoms with Crippen molar-refractivity contribution in [3.8, 4) is 0 Å². The molecule has 21 heavy (non-hydrogen) atoms. The average Bonchev–Trinajstić information content (AvgIpc) is 2.43. The van der Waals surface area contributed by atoms with E-state index in [2.05, 4.69) is 0 Å². The van der Waals surface area contributed by atoms with Crippen LogP contribution in [0.25, 0.3) is 5.57 Å². The van der Waals surface area contributed by atoms with E-state index in [4.69, 9.17) is 5.11 Å². The SMILES string of the molecule is O=C(O)/C=C\C=C(c1cccc(F)c1)c1cccc(F)c1. The Kier molecular flexibility index (Phi) is 4.61. The summed E-state index contributed by atoms with van der Waals surface area (Å²) in [4.78, 5) is 10.5. The second-order valence-electron chi connectivity index (χ2n) is 4.30. The third kappa shape index (κ3) is 4.11. The van der Waals surface area contributed by atoms with Gasteiger partial charge in [-0.15, -0.1) is 0 Å². The first-order valence-corrected chi connectivity index (χ1v) is 6.19. The van der Waals surface area contributed by atoms with Crippen molar-refractivity contribution < 1.29 is 18.7 Å². The van der Waals surface area contributed by atoms with Crippen molar-refractivity contribution in [2.75, 3.05) is 0 Å². The van der Waals surface area contributed by atoms with Crippen LogP contribution < -0.4 is 0 Å². The minimum atomic E-state index is -1.09. The normalized spacial score (nSPS) is 10.6. The van der Waals surface area contributed by atoms with Gasteiger partial charge in [-0.05, 0) is 41.0 Å². The van der Waals surface area contributed by atoms with Gasteiger partial charge < -0.3 is 5.11 Å². The van der Waals surface area contributed by atoms with Gasteiger partial charge in [-0.25, -0.2) is 13.6 Å². The topological polar surface area (TPSA) is 37.3 Å². The summed E-state index contributed by atoms with van der Waals surface area (Å²) in [5, 5.41) is 8.62. The molecule has 0 fully saturated rings. The number of carbonyl (C=O) groups is 1. The van der Waals surface area contributed by atoms with Crippen molar-refractivity contribution >= 4 is 11.5 Å². The van der Waals surface area contributed by atoms with Crippen molar-refractivity contribution in [3.05, 3.63) is 89.5 Å². The van der Waals surface area contributed by atoms with E-state index >= 15 is 0 Å². The van der Waals surface area contributed by atoms with Gasteiger partial charge in [0.15, 0.2) is 0 Å². The summed E-state index contributed by atoms with van der Waals surface area (Å²) in [6.45, 7) is 0. The molecule has 0 spiro atoms. The first kappa shape index (κ1) is 14.7. The maximum atomic E-state index is 13.4. The molecule has 2 aromatic carbocycles. The maximum absolute atomic E-state index is 13.4. The van der Waals surface area contributed by atoms with Crippen LogP contribution in [0.3, 0.4) is 0 Å². The Balaban J connectivity index is 2.51. The fourth-order valence-corrected chi connectivity index (χ4v) is 1.90. The van der Waals surface area contributed by atoms with E-state index in [0.29, 0.717) is 16.7 Å². The van der Waals surface area contributed by atoms with E-state index < -0.39 is 17.6 Å². The summed E-state index contributed by atoms with van der Waals surface area (Å²) >= 11 is 0. The van der Waals surface area contributed by atoms with Crippen molar-refractivity contribution in [3.63, 3.8) is 0 Å². The molecule has 1 N–H and O–H groups in total. The van der Waals surface area contributed by atoms with Gasteiger partial charge in [0.1, 0.15) is 11.6 Å². The quantitative estimate of drug-likeness (QED) is 0.680. The van der Waals surface area contributed by atoms with Crippen molar-refractivity contribution in [2.45, 2.75) is 0 Å². The Morgan fingerprint density at radius 3 is 1.90 bits per heavy atom. The Morgan fingerprint density at radius 1 is 0.952 bits per heavy atom. The lowest BCUT2D eigenvalue weighted by Crippen LogP contribution is -1.91. The zero-order valence-electron chi connectivity index (χ0n) is 11.0. The number of halogens is 2. The maximum Gasteiger partial charge on any atom is 0.328 e. The Hall–Kier alpha value is -2.75. The molecule has 0 aliphatic heterocycles. The zero-order valence-corrected chi connectivity index (χ0v) is 11.0. The number of hydrogen-bond donors (Lipinski definition) is 1. The summed E-state index contributed by atoms with van der Waals surface area (Å²) in [5.74, 6) is -1.93. The van der Waals surface area contributed by atoms with Crippen LogP contribution in [0.15, 0.2) is 66.8 Å². The highest BCUT2D eigenvalue weighted by atomic mass is 19.1. The molecule has 0 aliphatic carbocycles. The lowest BCUT2D eigenvalue weighted by Gasteiger charge is -2.08. The molecule has 0 radical (unpaired) electrons. The summed E-state index contributed by atoms with van der Waals surface area (Å²) < 4.78 is 26.7. The lowest BCUT2D eigenvalue weighted by atomic mass is 9.97. The molecule has 0 aromatic heterocycles. The van der Waals surface area contributed by atoms with Gasteiger partial charge in [-0.3, -0.25) is 0 Å². The minimum Gasteiger partial charge on any atom is -0.478 e. The molecule has 0 saturated heterocycles. The molecule has 0 bridgehead atoms. The molecule has 106 valence electrons. The standard InChI is InChI=1S/C17H12F2O2/c18-14-6-1-4-12(10-14)16(8-3-9-17(20)21)13-5-2-7-15(19)11-13/h1-11H,(H,20,21)/b9-3-. The third-order valence-electron chi connectivity index (χ3n) is 2.77. The lowest BCUT2D eigenvalue weighted by molar-refractivity contribution is -0.131. The van der Waals surface area contributed by atoms with Crippen LogP contribution in [-0.4, -0.2) is 11.1 Å². The van der Waals surface area contributed by atoms with Crippen molar-refractivity contribution in [2.24, 2.45) is 0 Å². The Bertz CT molecular complexity index is 671. The predicted octanol–water partition coefficient (Wildman–Crippen LogP) is 4.04. The van der Waals surface area contributed by atoms with Crippen LogP contribution >= 0.6 is 0 Å². The highest BCUT2D eigenvalue weighted by molar-refractivity contribution is 5.84. The first-order valence-electron chi connectivity index (χ1n) is 6.19. The van der Waals surface area contributed by atoms with Crippen LogP contribution in [0.1, 0.15) is 11.1 Å². The summed E-state index contributed by atoms with van der Waals surface area (Å²) in [5.41, 5.74) is 1.61. The van der Waals surface area contributed by atoms with Gasteiger partial charge in [0.2, 0.25) is 0 Å². The van der Waals surface area contributed by atoms with Crippen LogP contribution in [0.2, 0.25) is 0 Å². The van der Waals surface area contributed by atoms with Gasteiger partial charge in [0, 0.05) is 6.08 Å². The number of rotatable bonds is 4. The molecule has 4 heteroatoms. The van der Waals surface area contributed by atoms with Crippen LogP contribution in [0.5, 0.6) is 0 Å². The van der Waals surface area contributed by atoms with Gasteiger partial charge in [0.25, 0.3) is 0 Å². The van der Waals surface area contributed by atoms with E-state index in [1.165, 1.54) is 36.4 Å². The summed E-state index contributed by atoms with van der Waals surface area (Å²) in [6, 6.07) is 11.7. The number of carboxylic acid groups (broad SMARTS) is 1. The van der Waals surface area contributed by atoms with Gasteiger partial charge in [0.05, 0.1) is 0 Å². The Labute approximate surface area is 120 Å². The molecule has 0 heterocycles. The Morgan fingerprint density at radius 2 is 1.48 bits per heavy atom. The smallest absolute Gasteiger partial charge is 0.328 e. The number of aliphatic carboxylic acids is 1. The van der Waals surface area contributed by atoms with Gasteiger partial charge >= 0.3 is 5.97 Å². The molecule has 0 atom stereocenters. The molecule has 0 amide bonds. The van der Waals surface area contributed by atoms with Crippen LogP contribution in [0, 0.1) is 11.6 Å². The molecule has 2 nitrogen and oxygen atoms in total. The second-order valence-corrected chi connectivity index (χ2v) is 4.30. The van der Waals surface area contributed by atoms with Gasteiger partial charge in [-0.2, -0.15) is 0 Å². The molecule has 0 aliphatic rings. The second kappa shape index (κ2) is 6.61. The van der Waals surface area contributed by atoms with Crippen LogP contribution in [-0.2, 0) is 4.79 Å². The highest BCUT2D eigenvalue weighted by Gasteiger charge is 2.06. The van der Waals surface area contributed by atoms with E-state index in [0.717, 1.165) is 6.08 Å². The fraction of sp³-hybridized carbons (Fsp3) is 0. The number of hydrogen-bond acceptors (Lipinski definition) is 1.